The lowest BCUT2D eigenvalue weighted by Gasteiger charge is -2.05. The molecule has 1 rings (SSSR count). The van der Waals surface area contributed by atoms with Crippen LogP contribution >= 0.6 is 0 Å². The van der Waals surface area contributed by atoms with E-state index in [1.54, 1.807) is 6.08 Å². The summed E-state index contributed by atoms with van der Waals surface area (Å²) in [6.07, 6.45) is 10.7. The summed E-state index contributed by atoms with van der Waals surface area (Å²) in [6, 6.07) is 0. The van der Waals surface area contributed by atoms with E-state index < -0.39 is 0 Å². The predicted octanol–water partition coefficient (Wildman–Crippen LogP) is 4.57. The van der Waals surface area contributed by atoms with E-state index in [-0.39, 0.29) is 11.6 Å². The van der Waals surface area contributed by atoms with Gasteiger partial charge in [-0.05, 0) is 52.4 Å². The average molecular weight is 294 g/mol. The van der Waals surface area contributed by atoms with E-state index in [1.165, 1.54) is 12.7 Å². The Morgan fingerprint density at radius 2 is 2.05 bits per heavy atom. The molecule has 0 amide bonds. The van der Waals surface area contributed by atoms with Crippen molar-refractivity contribution in [1.29, 1.82) is 0 Å². The lowest BCUT2D eigenvalue weighted by atomic mass is 9.97. The number of methoxy groups -OCH3 is 1. The van der Waals surface area contributed by atoms with Gasteiger partial charge in [0.15, 0.2) is 0 Å². The van der Waals surface area contributed by atoms with Crippen molar-refractivity contribution in [2.45, 2.75) is 77.9 Å². The van der Waals surface area contributed by atoms with Gasteiger partial charge in [-0.25, -0.2) is 4.79 Å². The molecule has 0 aliphatic carbocycles. The monoisotopic (exact) mass is 294 g/mol. The first kappa shape index (κ1) is 18.0. The molecule has 0 aromatic heterocycles. The van der Waals surface area contributed by atoms with E-state index in [0.717, 1.165) is 44.1 Å². The second kappa shape index (κ2) is 8.38. The van der Waals surface area contributed by atoms with Gasteiger partial charge in [0.1, 0.15) is 0 Å². The highest BCUT2D eigenvalue weighted by molar-refractivity contribution is 5.82. The molecule has 1 aliphatic rings. The van der Waals surface area contributed by atoms with Crippen LogP contribution in [-0.2, 0) is 14.3 Å². The van der Waals surface area contributed by atoms with Crippen molar-refractivity contribution in [3.05, 3.63) is 23.3 Å². The Hall–Kier alpha value is -1.09. The Morgan fingerprint density at radius 3 is 2.57 bits per heavy atom. The first-order chi connectivity index (χ1) is 9.95. The summed E-state index contributed by atoms with van der Waals surface area (Å²) >= 11 is 0. The van der Waals surface area contributed by atoms with Crippen molar-refractivity contribution >= 4 is 5.97 Å². The molecule has 0 saturated carbocycles. The molecule has 0 bridgehead atoms. The van der Waals surface area contributed by atoms with Crippen LogP contribution in [0.15, 0.2) is 23.3 Å². The molecule has 1 fully saturated rings. The highest BCUT2D eigenvalue weighted by Gasteiger charge is 2.49. The zero-order valence-corrected chi connectivity index (χ0v) is 14.2. The molecule has 0 aromatic carbocycles. The smallest absolute Gasteiger partial charge is 0.330 e. The largest absolute Gasteiger partial charge is 0.466 e. The van der Waals surface area contributed by atoms with Gasteiger partial charge in [-0.15, -0.1) is 0 Å². The molecule has 0 spiro atoms. The van der Waals surface area contributed by atoms with Crippen molar-refractivity contribution in [3.8, 4) is 0 Å². The maximum atomic E-state index is 11.1. The average Bonchev–Trinajstić information content (AvgIpc) is 3.13. The van der Waals surface area contributed by atoms with Gasteiger partial charge in [0.25, 0.3) is 0 Å². The quantitative estimate of drug-likeness (QED) is 0.270. The minimum absolute atomic E-state index is 0.138. The first-order valence-corrected chi connectivity index (χ1v) is 8.06. The maximum Gasteiger partial charge on any atom is 0.330 e. The van der Waals surface area contributed by atoms with Crippen LogP contribution in [0.2, 0.25) is 0 Å². The fourth-order valence-corrected chi connectivity index (χ4v) is 2.54. The second-order valence-electron chi connectivity index (χ2n) is 6.08. The number of rotatable bonds is 9. The van der Waals surface area contributed by atoms with Gasteiger partial charge in [0.05, 0.1) is 18.8 Å². The molecule has 3 heteroatoms. The zero-order chi connectivity index (χ0) is 15.9. The van der Waals surface area contributed by atoms with Crippen LogP contribution in [0.5, 0.6) is 0 Å². The lowest BCUT2D eigenvalue weighted by Crippen LogP contribution is -2.07. The summed E-state index contributed by atoms with van der Waals surface area (Å²) in [7, 11) is 1.41. The Bertz CT molecular complexity index is 409. The molecule has 2 atom stereocenters. The van der Waals surface area contributed by atoms with E-state index in [9.17, 15) is 4.79 Å². The number of epoxide rings is 1. The minimum atomic E-state index is -0.267. The standard InChI is InChI=1S/C18H30O3/c1-6-15(11-12-16-18(4,7-2)21-16)10-8-9-14(3)13-17(19)20-5/h10,13,16H,6-9,11-12H2,1-5H3/b14-13+,15-10+. The molecule has 2 unspecified atom stereocenters. The molecule has 0 radical (unpaired) electrons. The van der Waals surface area contributed by atoms with Crippen LogP contribution in [0.1, 0.15) is 66.2 Å². The third-order valence-corrected chi connectivity index (χ3v) is 4.46. The third-order valence-electron chi connectivity index (χ3n) is 4.46. The molecule has 120 valence electrons. The number of esters is 1. The number of allylic oxidation sites excluding steroid dienone is 3. The number of hydrogen-bond acceptors (Lipinski definition) is 3. The van der Waals surface area contributed by atoms with Gasteiger partial charge in [0.2, 0.25) is 0 Å². The van der Waals surface area contributed by atoms with Gasteiger partial charge in [0, 0.05) is 6.08 Å². The molecule has 3 nitrogen and oxygen atoms in total. The molecule has 1 aliphatic heterocycles. The van der Waals surface area contributed by atoms with Crippen LogP contribution in [0.3, 0.4) is 0 Å². The van der Waals surface area contributed by atoms with Gasteiger partial charge in [-0.2, -0.15) is 0 Å². The number of carbonyl (C=O) groups is 1. The molecule has 21 heavy (non-hydrogen) atoms. The minimum Gasteiger partial charge on any atom is -0.466 e. The summed E-state index contributed by atoms with van der Waals surface area (Å²) in [5, 5.41) is 0. The number of carbonyl (C=O) groups excluding carboxylic acids is 1. The summed E-state index contributed by atoms with van der Waals surface area (Å²) in [4.78, 5) is 11.1. The normalized spacial score (nSPS) is 25.9. The Labute approximate surface area is 129 Å². The van der Waals surface area contributed by atoms with Gasteiger partial charge >= 0.3 is 5.97 Å². The van der Waals surface area contributed by atoms with Crippen LogP contribution in [0.4, 0.5) is 0 Å². The number of hydrogen-bond donors (Lipinski definition) is 0. The van der Waals surface area contributed by atoms with Crippen molar-refractivity contribution in [2.75, 3.05) is 7.11 Å². The molecule has 1 heterocycles. The SMILES string of the molecule is CC/C(=C\CC/C(C)=C/C(=O)OC)CCC1OC1(C)CC. The second-order valence-corrected chi connectivity index (χ2v) is 6.08. The van der Waals surface area contributed by atoms with Gasteiger partial charge in [-0.3, -0.25) is 0 Å². The van der Waals surface area contributed by atoms with Crippen molar-refractivity contribution in [1.82, 2.24) is 0 Å². The molecular formula is C18H30O3. The number of ether oxygens (including phenoxy) is 2. The van der Waals surface area contributed by atoms with Crippen LogP contribution < -0.4 is 0 Å². The van der Waals surface area contributed by atoms with Crippen molar-refractivity contribution in [3.63, 3.8) is 0 Å². The van der Waals surface area contributed by atoms with E-state index in [4.69, 9.17) is 4.74 Å². The molecule has 0 aromatic rings. The summed E-state index contributed by atoms with van der Waals surface area (Å²) < 4.78 is 10.4. The zero-order valence-electron chi connectivity index (χ0n) is 14.2. The fraction of sp³-hybridized carbons (Fsp3) is 0.722. The van der Waals surface area contributed by atoms with E-state index >= 15 is 0 Å². The Morgan fingerprint density at radius 1 is 1.33 bits per heavy atom. The first-order valence-electron chi connectivity index (χ1n) is 8.06. The van der Waals surface area contributed by atoms with Crippen molar-refractivity contribution < 1.29 is 14.3 Å². The Kier molecular flexibility index (Phi) is 7.16. The fourth-order valence-electron chi connectivity index (χ4n) is 2.54. The third kappa shape index (κ3) is 6.04. The summed E-state index contributed by atoms with van der Waals surface area (Å²) in [6.45, 7) is 8.57. The van der Waals surface area contributed by atoms with E-state index in [0.29, 0.717) is 6.10 Å². The predicted molar refractivity (Wildman–Crippen MR) is 86.2 cm³/mol. The Balaban J connectivity index is 2.32. The van der Waals surface area contributed by atoms with Crippen LogP contribution in [0, 0.1) is 0 Å². The summed E-state index contributed by atoms with van der Waals surface area (Å²) in [5.41, 5.74) is 2.70. The van der Waals surface area contributed by atoms with E-state index in [1.807, 2.05) is 6.92 Å². The molecule has 0 N–H and O–H groups in total. The highest BCUT2D eigenvalue weighted by Crippen LogP contribution is 2.42. The van der Waals surface area contributed by atoms with Gasteiger partial charge in [-0.1, -0.05) is 31.1 Å². The van der Waals surface area contributed by atoms with Crippen molar-refractivity contribution in [2.24, 2.45) is 0 Å². The van der Waals surface area contributed by atoms with Crippen LogP contribution in [-0.4, -0.2) is 24.8 Å². The molecule has 1 saturated heterocycles. The van der Waals surface area contributed by atoms with Gasteiger partial charge < -0.3 is 9.47 Å². The van der Waals surface area contributed by atoms with E-state index in [2.05, 4.69) is 31.6 Å². The topological polar surface area (TPSA) is 38.8 Å². The molecular weight excluding hydrogens is 264 g/mol. The maximum absolute atomic E-state index is 11.1. The highest BCUT2D eigenvalue weighted by atomic mass is 16.6. The van der Waals surface area contributed by atoms with Crippen LogP contribution in [0.25, 0.3) is 0 Å². The summed E-state index contributed by atoms with van der Waals surface area (Å²) in [5.74, 6) is -0.267. The lowest BCUT2D eigenvalue weighted by molar-refractivity contribution is -0.134.